The molecule has 1 amide bonds. The number of aromatic nitrogens is 4. The summed E-state index contributed by atoms with van der Waals surface area (Å²) in [6, 6.07) is 0. The molecule has 25 heavy (non-hydrogen) atoms. The molecule has 0 bridgehead atoms. The lowest BCUT2D eigenvalue weighted by Crippen LogP contribution is -2.24. The molecule has 7 nitrogen and oxygen atoms in total. The summed E-state index contributed by atoms with van der Waals surface area (Å²) >= 11 is 6.14. The molecule has 2 rings (SSSR count). The minimum Gasteiger partial charge on any atom is -0.379 e. The maximum atomic E-state index is 12.1. The number of amides is 1. The summed E-state index contributed by atoms with van der Waals surface area (Å²) in [5, 5.41) is 11.7. The van der Waals surface area contributed by atoms with Crippen LogP contribution in [0.1, 0.15) is 31.5 Å². The van der Waals surface area contributed by atoms with E-state index in [9.17, 15) is 4.79 Å². The van der Waals surface area contributed by atoms with Crippen molar-refractivity contribution in [3.05, 3.63) is 34.9 Å². The number of methoxy groups -OCH3 is 1. The third-order valence-corrected chi connectivity index (χ3v) is 4.44. The summed E-state index contributed by atoms with van der Waals surface area (Å²) in [6.45, 7) is 6.59. The summed E-state index contributed by atoms with van der Waals surface area (Å²) in [4.78, 5) is 12.1. The highest BCUT2D eigenvalue weighted by Gasteiger charge is 2.16. The van der Waals surface area contributed by atoms with Gasteiger partial charge in [-0.3, -0.25) is 14.2 Å². The molecule has 2 aromatic heterocycles. The number of rotatable bonds is 7. The summed E-state index contributed by atoms with van der Waals surface area (Å²) in [6.07, 6.45) is 7.32. The summed E-state index contributed by atoms with van der Waals surface area (Å²) < 4.78 is 8.74. The minimum atomic E-state index is -0.254. The molecule has 0 atom stereocenters. The van der Waals surface area contributed by atoms with Gasteiger partial charge in [-0.05, 0) is 33.3 Å². The van der Waals surface area contributed by atoms with Crippen LogP contribution in [0, 0.1) is 6.92 Å². The Labute approximate surface area is 152 Å². The topological polar surface area (TPSA) is 74.0 Å². The summed E-state index contributed by atoms with van der Waals surface area (Å²) in [7, 11) is 3.45. The van der Waals surface area contributed by atoms with Gasteiger partial charge in [0.05, 0.1) is 23.2 Å². The van der Waals surface area contributed by atoms with Gasteiger partial charge in [0.15, 0.2) is 0 Å². The Morgan fingerprint density at radius 3 is 2.80 bits per heavy atom. The first-order valence-corrected chi connectivity index (χ1v) is 8.35. The molecule has 0 saturated carbocycles. The van der Waals surface area contributed by atoms with E-state index in [1.54, 1.807) is 42.0 Å². The first-order valence-electron chi connectivity index (χ1n) is 7.97. The maximum Gasteiger partial charge on any atom is 0.248 e. The number of anilines is 1. The van der Waals surface area contributed by atoms with Crippen molar-refractivity contribution < 1.29 is 9.53 Å². The first-order chi connectivity index (χ1) is 11.7. The van der Waals surface area contributed by atoms with Crippen LogP contribution >= 0.6 is 11.6 Å². The van der Waals surface area contributed by atoms with Crippen LogP contribution in [0.5, 0.6) is 0 Å². The Morgan fingerprint density at radius 1 is 1.48 bits per heavy atom. The molecular weight excluding hydrogens is 342 g/mol. The standard InChI is InChI=1S/C17H24ClN5O2/c1-12-14(16(18)22(4)21-12)6-7-15(24)20-13-10-19-23(11-13)9-8-17(2,3)25-5/h6-7,10-11H,8-9H2,1-5H3,(H,20,24)/b7-6+. The number of hydrogen-bond donors (Lipinski definition) is 1. The molecule has 0 spiro atoms. The lowest BCUT2D eigenvalue weighted by Gasteiger charge is -2.22. The van der Waals surface area contributed by atoms with Crippen LogP contribution in [-0.4, -0.2) is 38.2 Å². The van der Waals surface area contributed by atoms with Crippen molar-refractivity contribution in [2.45, 2.75) is 39.3 Å². The van der Waals surface area contributed by atoms with Crippen LogP contribution < -0.4 is 5.32 Å². The predicted molar refractivity (Wildman–Crippen MR) is 98.6 cm³/mol. The molecular formula is C17H24ClN5O2. The lowest BCUT2D eigenvalue weighted by molar-refractivity contribution is -0.111. The Kier molecular flexibility index (Phi) is 6.02. The van der Waals surface area contributed by atoms with Gasteiger partial charge >= 0.3 is 0 Å². The number of nitrogens with zero attached hydrogens (tertiary/aromatic N) is 4. The van der Waals surface area contributed by atoms with Crippen molar-refractivity contribution in [2.24, 2.45) is 7.05 Å². The molecule has 0 aliphatic heterocycles. The smallest absolute Gasteiger partial charge is 0.248 e. The van der Waals surface area contributed by atoms with Crippen molar-refractivity contribution in [3.8, 4) is 0 Å². The maximum absolute atomic E-state index is 12.1. The van der Waals surface area contributed by atoms with Crippen molar-refractivity contribution in [2.75, 3.05) is 12.4 Å². The van der Waals surface area contributed by atoms with Gasteiger partial charge in [0.2, 0.25) is 5.91 Å². The van der Waals surface area contributed by atoms with E-state index >= 15 is 0 Å². The minimum absolute atomic E-state index is 0.209. The normalized spacial score (nSPS) is 12.1. The fraction of sp³-hybridized carbons (Fsp3) is 0.471. The number of halogens is 1. The molecule has 0 aromatic carbocycles. The van der Waals surface area contributed by atoms with E-state index in [1.165, 1.54) is 6.08 Å². The van der Waals surface area contributed by atoms with E-state index < -0.39 is 0 Å². The first kappa shape index (κ1) is 19.2. The van der Waals surface area contributed by atoms with Gasteiger partial charge in [-0.15, -0.1) is 0 Å². The van der Waals surface area contributed by atoms with E-state index in [0.717, 1.165) is 17.7 Å². The number of hydrogen-bond acceptors (Lipinski definition) is 4. The van der Waals surface area contributed by atoms with Crippen LogP contribution in [0.3, 0.4) is 0 Å². The largest absolute Gasteiger partial charge is 0.379 e. The fourth-order valence-corrected chi connectivity index (χ4v) is 2.45. The number of nitrogens with one attached hydrogen (secondary N) is 1. The molecule has 1 N–H and O–H groups in total. The van der Waals surface area contributed by atoms with E-state index in [0.29, 0.717) is 17.4 Å². The molecule has 0 aliphatic rings. The van der Waals surface area contributed by atoms with Gasteiger partial charge in [-0.25, -0.2) is 0 Å². The van der Waals surface area contributed by atoms with Gasteiger partial charge in [-0.2, -0.15) is 10.2 Å². The average molecular weight is 366 g/mol. The zero-order valence-corrected chi connectivity index (χ0v) is 16.0. The zero-order chi connectivity index (χ0) is 18.6. The summed E-state index contributed by atoms with van der Waals surface area (Å²) in [5.41, 5.74) is 1.93. The van der Waals surface area contributed by atoms with E-state index in [2.05, 4.69) is 15.5 Å². The predicted octanol–water partition coefficient (Wildman–Crippen LogP) is 3.05. The zero-order valence-electron chi connectivity index (χ0n) is 15.2. The van der Waals surface area contributed by atoms with E-state index in [-0.39, 0.29) is 11.5 Å². The molecule has 0 aliphatic carbocycles. The molecule has 8 heteroatoms. The quantitative estimate of drug-likeness (QED) is 0.765. The Hall–Kier alpha value is -2.12. The molecule has 0 radical (unpaired) electrons. The second-order valence-corrected chi connectivity index (χ2v) is 6.80. The average Bonchev–Trinajstić information content (AvgIpc) is 3.09. The molecule has 2 heterocycles. The van der Waals surface area contributed by atoms with Crippen molar-refractivity contribution in [3.63, 3.8) is 0 Å². The van der Waals surface area contributed by atoms with Gasteiger partial charge in [0, 0.05) is 38.5 Å². The fourth-order valence-electron chi connectivity index (χ4n) is 2.21. The molecule has 0 saturated heterocycles. The summed E-state index contributed by atoms with van der Waals surface area (Å²) in [5.74, 6) is -0.254. The van der Waals surface area contributed by atoms with Crippen LogP contribution in [0.25, 0.3) is 6.08 Å². The van der Waals surface area contributed by atoms with Gasteiger partial charge in [-0.1, -0.05) is 11.6 Å². The SMILES string of the molecule is COC(C)(C)CCn1cc(NC(=O)/C=C/c2c(C)nn(C)c2Cl)cn1. The third-order valence-electron chi connectivity index (χ3n) is 3.99. The van der Waals surface area contributed by atoms with Crippen molar-refractivity contribution in [1.82, 2.24) is 19.6 Å². The molecule has 0 unspecified atom stereocenters. The number of carbonyl (C=O) groups is 1. The van der Waals surface area contributed by atoms with Gasteiger partial charge < -0.3 is 10.1 Å². The van der Waals surface area contributed by atoms with E-state index in [4.69, 9.17) is 16.3 Å². The number of ether oxygens (including phenoxy) is 1. The van der Waals surface area contributed by atoms with Gasteiger partial charge in [0.25, 0.3) is 0 Å². The van der Waals surface area contributed by atoms with Crippen molar-refractivity contribution in [1.29, 1.82) is 0 Å². The monoisotopic (exact) mass is 365 g/mol. The Balaban J connectivity index is 1.94. The van der Waals surface area contributed by atoms with Crippen LogP contribution in [-0.2, 0) is 23.1 Å². The molecule has 2 aromatic rings. The highest BCUT2D eigenvalue weighted by molar-refractivity contribution is 6.31. The second-order valence-electron chi connectivity index (χ2n) is 6.44. The van der Waals surface area contributed by atoms with Crippen LogP contribution in [0.4, 0.5) is 5.69 Å². The number of carbonyl (C=O) groups excluding carboxylic acids is 1. The second kappa shape index (κ2) is 7.84. The number of aryl methyl sites for hydroxylation is 3. The van der Waals surface area contributed by atoms with Gasteiger partial charge in [0.1, 0.15) is 5.15 Å². The van der Waals surface area contributed by atoms with Crippen LogP contribution in [0.15, 0.2) is 18.5 Å². The highest BCUT2D eigenvalue weighted by atomic mass is 35.5. The lowest BCUT2D eigenvalue weighted by atomic mass is 10.1. The Bertz CT molecular complexity index is 776. The van der Waals surface area contributed by atoms with E-state index in [1.807, 2.05) is 20.8 Å². The third kappa shape index (κ3) is 5.17. The molecule has 136 valence electrons. The highest BCUT2D eigenvalue weighted by Crippen LogP contribution is 2.20. The van der Waals surface area contributed by atoms with Crippen LogP contribution in [0.2, 0.25) is 5.15 Å². The van der Waals surface area contributed by atoms with Crippen molar-refractivity contribution >= 4 is 29.3 Å². The Morgan fingerprint density at radius 2 is 2.20 bits per heavy atom. The molecule has 0 fully saturated rings.